The van der Waals surface area contributed by atoms with Gasteiger partial charge in [0.25, 0.3) is 0 Å². The molecular formula is C14H29NO. The van der Waals surface area contributed by atoms with Gasteiger partial charge in [0.15, 0.2) is 0 Å². The highest BCUT2D eigenvalue weighted by Crippen LogP contribution is 2.25. The Labute approximate surface area is 101 Å². The summed E-state index contributed by atoms with van der Waals surface area (Å²) in [4.78, 5) is 0. The van der Waals surface area contributed by atoms with Crippen molar-refractivity contribution in [3.63, 3.8) is 0 Å². The quantitative estimate of drug-likeness (QED) is 0.655. The van der Waals surface area contributed by atoms with E-state index in [4.69, 9.17) is 0 Å². The Morgan fingerprint density at radius 3 is 2.56 bits per heavy atom. The molecule has 2 nitrogen and oxygen atoms in total. The molecule has 0 aromatic rings. The van der Waals surface area contributed by atoms with Gasteiger partial charge in [-0.3, -0.25) is 0 Å². The molecular weight excluding hydrogens is 198 g/mol. The van der Waals surface area contributed by atoms with Gasteiger partial charge >= 0.3 is 0 Å². The molecule has 16 heavy (non-hydrogen) atoms. The van der Waals surface area contributed by atoms with Crippen LogP contribution in [0.2, 0.25) is 0 Å². The first kappa shape index (κ1) is 14.0. The molecule has 0 radical (unpaired) electrons. The van der Waals surface area contributed by atoms with Crippen molar-refractivity contribution in [3.05, 3.63) is 0 Å². The molecule has 0 spiro atoms. The number of unbranched alkanes of at least 4 members (excludes halogenated alkanes) is 2. The summed E-state index contributed by atoms with van der Waals surface area (Å²) < 4.78 is 0. The first-order chi connectivity index (χ1) is 7.55. The molecule has 96 valence electrons. The van der Waals surface area contributed by atoms with Crippen LogP contribution in [0.4, 0.5) is 0 Å². The molecule has 0 aliphatic heterocycles. The summed E-state index contributed by atoms with van der Waals surface area (Å²) in [6.07, 6.45) is 8.45. The lowest BCUT2D eigenvalue weighted by atomic mass is 9.86. The highest BCUT2D eigenvalue weighted by atomic mass is 16.3. The SMILES string of the molecule is CCCCCC(C)(C)CNC1CCCC1O. The number of rotatable bonds is 7. The second-order valence-corrected chi connectivity index (χ2v) is 6.11. The standard InChI is InChI=1S/C14H29NO/c1-4-5-6-10-14(2,3)11-15-12-8-7-9-13(12)16/h12-13,15-16H,4-11H2,1-3H3. The van der Waals surface area contributed by atoms with Gasteiger partial charge < -0.3 is 10.4 Å². The van der Waals surface area contributed by atoms with E-state index in [2.05, 4.69) is 26.1 Å². The van der Waals surface area contributed by atoms with Crippen molar-refractivity contribution < 1.29 is 5.11 Å². The molecule has 0 aromatic carbocycles. The lowest BCUT2D eigenvalue weighted by Crippen LogP contribution is -2.41. The van der Waals surface area contributed by atoms with Gasteiger partial charge in [-0.15, -0.1) is 0 Å². The van der Waals surface area contributed by atoms with E-state index in [1.54, 1.807) is 0 Å². The molecule has 0 bridgehead atoms. The zero-order valence-electron chi connectivity index (χ0n) is 11.3. The second kappa shape index (κ2) is 6.61. The Bertz CT molecular complexity index is 191. The minimum Gasteiger partial charge on any atom is -0.392 e. The number of hydrogen-bond acceptors (Lipinski definition) is 2. The maximum atomic E-state index is 9.74. The van der Waals surface area contributed by atoms with Gasteiger partial charge in [0.2, 0.25) is 0 Å². The van der Waals surface area contributed by atoms with Crippen molar-refractivity contribution in [3.8, 4) is 0 Å². The molecule has 2 heteroatoms. The van der Waals surface area contributed by atoms with Crippen molar-refractivity contribution in [1.82, 2.24) is 5.32 Å². The third-order valence-electron chi connectivity index (χ3n) is 3.78. The molecule has 0 heterocycles. The van der Waals surface area contributed by atoms with Crippen LogP contribution in [0, 0.1) is 5.41 Å². The van der Waals surface area contributed by atoms with E-state index in [-0.39, 0.29) is 6.10 Å². The number of aliphatic hydroxyl groups is 1. The Morgan fingerprint density at radius 1 is 1.25 bits per heavy atom. The summed E-state index contributed by atoms with van der Waals surface area (Å²) >= 11 is 0. The lowest BCUT2D eigenvalue weighted by molar-refractivity contribution is 0.140. The molecule has 0 aromatic heterocycles. The Morgan fingerprint density at radius 2 is 2.00 bits per heavy atom. The smallest absolute Gasteiger partial charge is 0.0693 e. The van der Waals surface area contributed by atoms with Crippen LogP contribution in [0.3, 0.4) is 0 Å². The molecule has 2 atom stereocenters. The van der Waals surface area contributed by atoms with Crippen LogP contribution < -0.4 is 5.32 Å². The molecule has 1 aliphatic rings. The molecule has 0 amide bonds. The van der Waals surface area contributed by atoms with Crippen molar-refractivity contribution in [2.45, 2.75) is 77.9 Å². The van der Waals surface area contributed by atoms with Gasteiger partial charge in [0.05, 0.1) is 6.10 Å². The summed E-state index contributed by atoms with van der Waals surface area (Å²) in [6, 6.07) is 0.352. The van der Waals surface area contributed by atoms with Gasteiger partial charge in [-0.1, -0.05) is 40.0 Å². The van der Waals surface area contributed by atoms with Crippen LogP contribution in [-0.4, -0.2) is 23.8 Å². The average molecular weight is 227 g/mol. The highest BCUT2D eigenvalue weighted by molar-refractivity contribution is 4.84. The summed E-state index contributed by atoms with van der Waals surface area (Å²) in [5.74, 6) is 0. The van der Waals surface area contributed by atoms with Crippen LogP contribution in [0.5, 0.6) is 0 Å². The molecule has 1 aliphatic carbocycles. The molecule has 0 saturated heterocycles. The van der Waals surface area contributed by atoms with E-state index >= 15 is 0 Å². The predicted octanol–water partition coefficient (Wildman–Crippen LogP) is 3.10. The third-order valence-corrected chi connectivity index (χ3v) is 3.78. The zero-order valence-corrected chi connectivity index (χ0v) is 11.3. The monoisotopic (exact) mass is 227 g/mol. The number of aliphatic hydroxyl groups excluding tert-OH is 1. The average Bonchev–Trinajstić information content (AvgIpc) is 2.62. The second-order valence-electron chi connectivity index (χ2n) is 6.11. The minimum atomic E-state index is -0.105. The topological polar surface area (TPSA) is 32.3 Å². The minimum absolute atomic E-state index is 0.105. The fraction of sp³-hybridized carbons (Fsp3) is 1.00. The Balaban J connectivity index is 2.18. The fourth-order valence-electron chi connectivity index (χ4n) is 2.53. The van der Waals surface area contributed by atoms with E-state index in [1.807, 2.05) is 0 Å². The third kappa shape index (κ3) is 4.84. The normalized spacial score (nSPS) is 26.2. The highest BCUT2D eigenvalue weighted by Gasteiger charge is 2.26. The molecule has 2 unspecified atom stereocenters. The van der Waals surface area contributed by atoms with Gasteiger partial charge in [-0.25, -0.2) is 0 Å². The maximum absolute atomic E-state index is 9.74. The zero-order chi connectivity index (χ0) is 12.0. The van der Waals surface area contributed by atoms with E-state index in [0.29, 0.717) is 11.5 Å². The fourth-order valence-corrected chi connectivity index (χ4v) is 2.53. The maximum Gasteiger partial charge on any atom is 0.0693 e. The van der Waals surface area contributed by atoms with E-state index in [0.717, 1.165) is 19.4 Å². The lowest BCUT2D eigenvalue weighted by Gasteiger charge is -2.28. The van der Waals surface area contributed by atoms with Crippen LogP contribution in [0.25, 0.3) is 0 Å². The summed E-state index contributed by atoms with van der Waals surface area (Å²) in [7, 11) is 0. The summed E-state index contributed by atoms with van der Waals surface area (Å²) in [6.45, 7) is 7.95. The van der Waals surface area contributed by atoms with Gasteiger partial charge in [0, 0.05) is 12.6 Å². The Kier molecular flexibility index (Phi) is 5.77. The van der Waals surface area contributed by atoms with Crippen LogP contribution >= 0.6 is 0 Å². The first-order valence-corrected chi connectivity index (χ1v) is 6.96. The van der Waals surface area contributed by atoms with Gasteiger partial charge in [-0.2, -0.15) is 0 Å². The molecule has 1 saturated carbocycles. The molecule has 2 N–H and O–H groups in total. The van der Waals surface area contributed by atoms with Crippen LogP contribution in [-0.2, 0) is 0 Å². The van der Waals surface area contributed by atoms with Crippen molar-refractivity contribution in [1.29, 1.82) is 0 Å². The van der Waals surface area contributed by atoms with Crippen molar-refractivity contribution in [2.75, 3.05) is 6.54 Å². The summed E-state index contributed by atoms with van der Waals surface area (Å²) in [5, 5.41) is 13.3. The van der Waals surface area contributed by atoms with Crippen molar-refractivity contribution >= 4 is 0 Å². The summed E-state index contributed by atoms with van der Waals surface area (Å²) in [5.41, 5.74) is 0.373. The van der Waals surface area contributed by atoms with E-state index < -0.39 is 0 Å². The first-order valence-electron chi connectivity index (χ1n) is 6.96. The van der Waals surface area contributed by atoms with E-state index in [9.17, 15) is 5.11 Å². The molecule has 1 fully saturated rings. The molecule has 1 rings (SSSR count). The number of hydrogen-bond donors (Lipinski definition) is 2. The van der Waals surface area contributed by atoms with Crippen molar-refractivity contribution in [2.24, 2.45) is 5.41 Å². The van der Waals surface area contributed by atoms with Gasteiger partial charge in [0.1, 0.15) is 0 Å². The number of nitrogens with one attached hydrogen (secondary N) is 1. The van der Waals surface area contributed by atoms with E-state index in [1.165, 1.54) is 32.1 Å². The largest absolute Gasteiger partial charge is 0.392 e. The van der Waals surface area contributed by atoms with Crippen LogP contribution in [0.15, 0.2) is 0 Å². The Hall–Kier alpha value is -0.0800. The van der Waals surface area contributed by atoms with Gasteiger partial charge in [-0.05, 0) is 31.1 Å². The predicted molar refractivity (Wildman–Crippen MR) is 69.6 cm³/mol. The van der Waals surface area contributed by atoms with Crippen LogP contribution in [0.1, 0.15) is 65.7 Å².